The molecule has 0 saturated carbocycles. The van der Waals surface area contributed by atoms with Gasteiger partial charge in [0.1, 0.15) is 17.1 Å². The predicted octanol–water partition coefficient (Wildman–Crippen LogP) is 7.76. The molecule has 0 heterocycles. The number of methoxy groups -OCH3 is 1. The van der Waals surface area contributed by atoms with Crippen molar-refractivity contribution in [1.82, 2.24) is 0 Å². The number of anilines is 2. The zero-order valence-corrected chi connectivity index (χ0v) is 21.6. The van der Waals surface area contributed by atoms with Crippen molar-refractivity contribution < 1.29 is 24.2 Å². The van der Waals surface area contributed by atoms with Crippen LogP contribution in [0.4, 0.5) is 16.2 Å². The number of benzene rings is 4. The highest BCUT2D eigenvalue weighted by Gasteiger charge is 2.16. The average molecular weight is 511 g/mol. The Morgan fingerprint density at radius 2 is 1.55 bits per heavy atom. The number of carboxylic acid groups (broad SMARTS) is 1. The summed E-state index contributed by atoms with van der Waals surface area (Å²) in [4.78, 5) is 24.7. The summed E-state index contributed by atoms with van der Waals surface area (Å²) >= 11 is 0. The van der Waals surface area contributed by atoms with Gasteiger partial charge in [-0.15, -0.1) is 0 Å². The van der Waals surface area contributed by atoms with E-state index in [1.165, 1.54) is 7.11 Å². The summed E-state index contributed by atoms with van der Waals surface area (Å²) in [7, 11) is 1.43. The van der Waals surface area contributed by atoms with E-state index >= 15 is 0 Å². The number of hydrogen-bond acceptors (Lipinski definition) is 4. The molecule has 2 amide bonds. The molecule has 0 unspecified atom stereocenters. The molecule has 0 aliphatic rings. The lowest BCUT2D eigenvalue weighted by Crippen LogP contribution is -2.19. The first-order valence-electron chi connectivity index (χ1n) is 12.3. The molecule has 4 aromatic carbocycles. The molecular formula is C31H30N2O5. The summed E-state index contributed by atoms with van der Waals surface area (Å²) in [5.41, 5.74) is 4.59. The van der Waals surface area contributed by atoms with Gasteiger partial charge < -0.3 is 25.2 Å². The monoisotopic (exact) mass is 510 g/mol. The normalized spacial score (nSPS) is 10.5. The van der Waals surface area contributed by atoms with Crippen LogP contribution in [0.1, 0.15) is 34.8 Å². The number of aromatic carboxylic acids is 1. The SMILES string of the molecule is CCCc1ccccc1Oc1ccc(-c2ccc(OC)c(C(=O)O)c2)cc1NC(=O)Nc1cccc(C)c1. The third kappa shape index (κ3) is 6.31. The molecule has 7 heteroatoms. The standard InChI is InChI=1S/C31H30N2O5/c1-4-8-21-10-5-6-12-27(21)38-29-16-14-23(22-13-15-28(37-3)25(18-22)30(34)35)19-26(29)33-31(36)32-24-11-7-9-20(2)17-24/h5-7,9-19H,4,8H2,1-3H3,(H,34,35)(H2,32,33,36). The fourth-order valence-electron chi connectivity index (χ4n) is 4.16. The predicted molar refractivity (Wildman–Crippen MR) is 150 cm³/mol. The number of carbonyl (C=O) groups excluding carboxylic acids is 1. The second-order valence-corrected chi connectivity index (χ2v) is 8.84. The highest BCUT2D eigenvalue weighted by molar-refractivity contribution is 6.01. The van der Waals surface area contributed by atoms with Crippen molar-refractivity contribution in [3.63, 3.8) is 0 Å². The minimum absolute atomic E-state index is 0.0468. The van der Waals surface area contributed by atoms with Crippen molar-refractivity contribution in [3.8, 4) is 28.4 Å². The maximum atomic E-state index is 13.0. The van der Waals surface area contributed by atoms with E-state index in [4.69, 9.17) is 9.47 Å². The zero-order chi connectivity index (χ0) is 27.1. The molecule has 0 spiro atoms. The minimum atomic E-state index is -1.09. The van der Waals surface area contributed by atoms with E-state index in [0.717, 1.165) is 24.0 Å². The Balaban J connectivity index is 1.71. The van der Waals surface area contributed by atoms with E-state index in [1.807, 2.05) is 61.5 Å². The van der Waals surface area contributed by atoms with Gasteiger partial charge in [-0.1, -0.05) is 55.8 Å². The first-order chi connectivity index (χ1) is 18.4. The van der Waals surface area contributed by atoms with Crippen LogP contribution in [0.2, 0.25) is 0 Å². The van der Waals surface area contributed by atoms with Crippen LogP contribution in [0, 0.1) is 6.92 Å². The fourth-order valence-corrected chi connectivity index (χ4v) is 4.16. The fraction of sp³-hybridized carbons (Fsp3) is 0.161. The van der Waals surface area contributed by atoms with Gasteiger partial charge in [-0.05, 0) is 78.1 Å². The number of aryl methyl sites for hydroxylation is 2. The summed E-state index contributed by atoms with van der Waals surface area (Å²) in [6.45, 7) is 4.06. The average Bonchev–Trinajstić information content (AvgIpc) is 2.90. The van der Waals surface area contributed by atoms with E-state index < -0.39 is 12.0 Å². The number of nitrogens with one attached hydrogen (secondary N) is 2. The lowest BCUT2D eigenvalue weighted by atomic mass is 10.0. The summed E-state index contributed by atoms with van der Waals surface area (Å²) in [6.07, 6.45) is 1.82. The molecule has 4 aromatic rings. The number of urea groups is 1. The molecule has 0 aromatic heterocycles. The van der Waals surface area contributed by atoms with Crippen molar-refractivity contribution in [2.45, 2.75) is 26.7 Å². The number of carboxylic acids is 1. The van der Waals surface area contributed by atoms with Gasteiger partial charge in [-0.3, -0.25) is 0 Å². The molecule has 0 bridgehead atoms. The first kappa shape index (κ1) is 26.3. The van der Waals surface area contributed by atoms with Crippen LogP contribution >= 0.6 is 0 Å². The lowest BCUT2D eigenvalue weighted by Gasteiger charge is -2.17. The van der Waals surface area contributed by atoms with Crippen LogP contribution in [0.3, 0.4) is 0 Å². The molecule has 4 rings (SSSR count). The molecule has 194 valence electrons. The van der Waals surface area contributed by atoms with Gasteiger partial charge in [0.05, 0.1) is 12.8 Å². The lowest BCUT2D eigenvalue weighted by molar-refractivity contribution is 0.0693. The Kier molecular flexibility index (Phi) is 8.28. The largest absolute Gasteiger partial charge is 0.496 e. The van der Waals surface area contributed by atoms with Crippen molar-refractivity contribution in [1.29, 1.82) is 0 Å². The van der Waals surface area contributed by atoms with Crippen LogP contribution < -0.4 is 20.1 Å². The number of amides is 2. The molecule has 0 saturated heterocycles. The second kappa shape index (κ2) is 12.0. The Morgan fingerprint density at radius 3 is 2.26 bits per heavy atom. The van der Waals surface area contributed by atoms with E-state index in [9.17, 15) is 14.7 Å². The van der Waals surface area contributed by atoms with E-state index in [0.29, 0.717) is 34.0 Å². The number of rotatable bonds is 9. The van der Waals surface area contributed by atoms with Crippen molar-refractivity contribution >= 4 is 23.4 Å². The second-order valence-electron chi connectivity index (χ2n) is 8.84. The summed E-state index contributed by atoms with van der Waals surface area (Å²) < 4.78 is 11.5. The Bertz CT molecular complexity index is 1460. The van der Waals surface area contributed by atoms with Crippen LogP contribution in [0.25, 0.3) is 11.1 Å². The van der Waals surface area contributed by atoms with Crippen molar-refractivity contribution in [2.75, 3.05) is 17.7 Å². The summed E-state index contributed by atoms with van der Waals surface area (Å²) in [5.74, 6) is 0.349. The third-order valence-corrected chi connectivity index (χ3v) is 5.98. The van der Waals surface area contributed by atoms with E-state index in [2.05, 4.69) is 17.6 Å². The molecule has 0 aliphatic heterocycles. The molecule has 3 N–H and O–H groups in total. The number of ether oxygens (including phenoxy) is 2. The molecule has 0 aliphatic carbocycles. The van der Waals surface area contributed by atoms with Gasteiger partial charge in [0, 0.05) is 5.69 Å². The smallest absolute Gasteiger partial charge is 0.339 e. The molecule has 0 radical (unpaired) electrons. The number of carbonyl (C=O) groups is 2. The number of para-hydroxylation sites is 1. The van der Waals surface area contributed by atoms with Gasteiger partial charge >= 0.3 is 12.0 Å². The maximum Gasteiger partial charge on any atom is 0.339 e. The maximum absolute atomic E-state index is 13.0. The van der Waals surface area contributed by atoms with Crippen molar-refractivity contribution in [3.05, 3.63) is 102 Å². The van der Waals surface area contributed by atoms with Gasteiger partial charge in [0.2, 0.25) is 0 Å². The van der Waals surface area contributed by atoms with Gasteiger partial charge in [0.15, 0.2) is 5.75 Å². The molecule has 7 nitrogen and oxygen atoms in total. The third-order valence-electron chi connectivity index (χ3n) is 5.98. The highest BCUT2D eigenvalue weighted by Crippen LogP contribution is 2.36. The van der Waals surface area contributed by atoms with E-state index in [1.54, 1.807) is 30.3 Å². The Labute approximate surface area is 222 Å². The van der Waals surface area contributed by atoms with Crippen molar-refractivity contribution in [2.24, 2.45) is 0 Å². The summed E-state index contributed by atoms with van der Waals surface area (Å²) in [5, 5.41) is 15.4. The quantitative estimate of drug-likeness (QED) is 0.214. The zero-order valence-electron chi connectivity index (χ0n) is 21.6. The molecule has 0 atom stereocenters. The minimum Gasteiger partial charge on any atom is -0.496 e. The van der Waals surface area contributed by atoms with Crippen LogP contribution in [0.15, 0.2) is 84.9 Å². The number of hydrogen-bond donors (Lipinski definition) is 3. The van der Waals surface area contributed by atoms with Crippen LogP contribution in [-0.4, -0.2) is 24.2 Å². The van der Waals surface area contributed by atoms with Crippen LogP contribution in [-0.2, 0) is 6.42 Å². The first-order valence-corrected chi connectivity index (χ1v) is 12.3. The summed E-state index contributed by atoms with van der Waals surface area (Å²) in [6, 6.07) is 25.2. The van der Waals surface area contributed by atoms with Gasteiger partial charge in [-0.25, -0.2) is 9.59 Å². The Morgan fingerprint density at radius 1 is 0.816 bits per heavy atom. The molecule has 0 fully saturated rings. The molecule has 38 heavy (non-hydrogen) atoms. The molecular weight excluding hydrogens is 480 g/mol. The van der Waals surface area contributed by atoms with Gasteiger partial charge in [-0.2, -0.15) is 0 Å². The highest BCUT2D eigenvalue weighted by atomic mass is 16.5. The van der Waals surface area contributed by atoms with E-state index in [-0.39, 0.29) is 11.3 Å². The Hall–Kier alpha value is -4.78. The van der Waals surface area contributed by atoms with Crippen LogP contribution in [0.5, 0.6) is 17.2 Å². The topological polar surface area (TPSA) is 96.9 Å². The van der Waals surface area contributed by atoms with Gasteiger partial charge in [0.25, 0.3) is 0 Å².